The molecule has 0 radical (unpaired) electrons. The lowest BCUT2D eigenvalue weighted by molar-refractivity contribution is 0.268. The third-order valence-electron chi connectivity index (χ3n) is 1.40. The van der Waals surface area contributed by atoms with E-state index in [2.05, 4.69) is 4.98 Å². The van der Waals surface area contributed by atoms with E-state index < -0.39 is 6.04 Å². The van der Waals surface area contributed by atoms with Crippen LogP contribution >= 0.6 is 36.4 Å². The Morgan fingerprint density at radius 1 is 1.54 bits per heavy atom. The number of nitrogens with two attached hydrogens (primary N) is 1. The molecule has 76 valence electrons. The molecule has 6 heteroatoms. The lowest BCUT2D eigenvalue weighted by Gasteiger charge is -2.08. The summed E-state index contributed by atoms with van der Waals surface area (Å²) in [6.07, 6.45) is 3.10. The number of pyridine rings is 1. The van der Waals surface area contributed by atoms with Crippen molar-refractivity contribution in [1.29, 1.82) is 0 Å². The smallest absolute Gasteiger partial charge is 0.0637 e. The van der Waals surface area contributed by atoms with E-state index in [-0.39, 0.29) is 31.4 Å². The molecule has 0 saturated heterocycles. The van der Waals surface area contributed by atoms with Crippen LogP contribution in [0.5, 0.6) is 0 Å². The fourth-order valence-electron chi connectivity index (χ4n) is 0.785. The first-order valence-corrected chi connectivity index (χ1v) is 3.59. The highest BCUT2D eigenvalue weighted by atomic mass is 35.5. The van der Waals surface area contributed by atoms with Gasteiger partial charge in [-0.2, -0.15) is 0 Å². The van der Waals surface area contributed by atoms with Crippen LogP contribution in [0.4, 0.5) is 0 Å². The number of hydrogen-bond acceptors (Lipinski definition) is 3. The van der Waals surface area contributed by atoms with E-state index in [0.717, 1.165) is 5.56 Å². The fourth-order valence-corrected chi connectivity index (χ4v) is 1.04. The Morgan fingerprint density at radius 2 is 2.15 bits per heavy atom. The van der Waals surface area contributed by atoms with Gasteiger partial charge in [-0.1, -0.05) is 11.6 Å². The molecule has 1 rings (SSSR count). The minimum atomic E-state index is -0.412. The highest BCUT2D eigenvalue weighted by molar-refractivity contribution is 6.31. The van der Waals surface area contributed by atoms with Crippen LogP contribution in [0.15, 0.2) is 18.5 Å². The predicted molar refractivity (Wildman–Crippen MR) is 57.8 cm³/mol. The van der Waals surface area contributed by atoms with E-state index in [9.17, 15) is 0 Å². The second kappa shape index (κ2) is 7.35. The van der Waals surface area contributed by atoms with E-state index in [1.54, 1.807) is 12.3 Å². The molecule has 0 aliphatic heterocycles. The van der Waals surface area contributed by atoms with Crippen molar-refractivity contribution < 1.29 is 5.11 Å². The molecule has 1 atom stereocenters. The standard InChI is InChI=1S/C7H9ClN2O.2ClH/c8-6-3-10-2-1-5(6)7(9)4-11;;/h1-3,7,11H,4,9H2;2*1H/t7-;;/m0../s1. The normalized spacial score (nSPS) is 11.0. The highest BCUT2D eigenvalue weighted by Crippen LogP contribution is 2.18. The molecule has 0 aromatic carbocycles. The Hall–Kier alpha value is -0.0600. The molecule has 0 aliphatic carbocycles. The fraction of sp³-hybridized carbons (Fsp3) is 0.286. The first-order valence-electron chi connectivity index (χ1n) is 3.21. The molecule has 3 N–H and O–H groups in total. The van der Waals surface area contributed by atoms with Gasteiger partial charge < -0.3 is 10.8 Å². The second-order valence-electron chi connectivity index (χ2n) is 2.19. The largest absolute Gasteiger partial charge is 0.394 e. The molecule has 13 heavy (non-hydrogen) atoms. The summed E-state index contributed by atoms with van der Waals surface area (Å²) in [5.41, 5.74) is 6.26. The number of aromatic nitrogens is 1. The van der Waals surface area contributed by atoms with Crippen molar-refractivity contribution >= 4 is 36.4 Å². The summed E-state index contributed by atoms with van der Waals surface area (Å²) in [5.74, 6) is 0. The predicted octanol–water partition coefficient (Wildman–Crippen LogP) is 1.57. The SMILES string of the molecule is Cl.Cl.N[C@@H](CO)c1ccncc1Cl. The first kappa shape index (κ1) is 15.4. The molecule has 1 aromatic heterocycles. The highest BCUT2D eigenvalue weighted by Gasteiger charge is 2.07. The van der Waals surface area contributed by atoms with Crippen LogP contribution in [0.3, 0.4) is 0 Å². The molecule has 0 amide bonds. The average Bonchev–Trinajstić information content (AvgIpc) is 2.04. The van der Waals surface area contributed by atoms with Crippen LogP contribution in [0.2, 0.25) is 5.02 Å². The van der Waals surface area contributed by atoms with Crippen LogP contribution in [0, 0.1) is 0 Å². The average molecular weight is 246 g/mol. The Bertz CT molecular complexity index is 247. The number of aliphatic hydroxyl groups is 1. The molecule has 3 nitrogen and oxygen atoms in total. The Morgan fingerprint density at radius 3 is 2.62 bits per heavy atom. The molecule has 0 spiro atoms. The molecular formula is C7H11Cl3N2O. The van der Waals surface area contributed by atoms with Crippen LogP contribution in [0.1, 0.15) is 11.6 Å². The summed E-state index contributed by atoms with van der Waals surface area (Å²) < 4.78 is 0. The van der Waals surface area contributed by atoms with Crippen molar-refractivity contribution in [1.82, 2.24) is 4.98 Å². The maximum atomic E-state index is 8.71. The Labute approximate surface area is 94.1 Å². The van der Waals surface area contributed by atoms with Gasteiger partial charge in [0.15, 0.2) is 0 Å². The van der Waals surface area contributed by atoms with Crippen LogP contribution < -0.4 is 5.73 Å². The summed E-state index contributed by atoms with van der Waals surface area (Å²) in [7, 11) is 0. The summed E-state index contributed by atoms with van der Waals surface area (Å²) in [5, 5.41) is 9.20. The number of rotatable bonds is 2. The molecule has 0 aliphatic rings. The van der Waals surface area contributed by atoms with Crippen molar-refractivity contribution in [2.24, 2.45) is 5.73 Å². The zero-order valence-corrected chi connectivity index (χ0v) is 9.07. The number of halogens is 3. The van der Waals surface area contributed by atoms with Crippen LogP contribution in [-0.4, -0.2) is 16.7 Å². The van der Waals surface area contributed by atoms with Crippen molar-refractivity contribution in [3.8, 4) is 0 Å². The molecule has 0 bridgehead atoms. The van der Waals surface area contributed by atoms with E-state index in [4.69, 9.17) is 22.4 Å². The first-order chi connectivity index (χ1) is 5.25. The van der Waals surface area contributed by atoms with E-state index in [1.165, 1.54) is 6.20 Å². The third kappa shape index (κ3) is 4.11. The lowest BCUT2D eigenvalue weighted by Crippen LogP contribution is -2.14. The summed E-state index contributed by atoms with van der Waals surface area (Å²) in [4.78, 5) is 3.79. The molecule has 0 saturated carbocycles. The van der Waals surface area contributed by atoms with Crippen molar-refractivity contribution in [3.05, 3.63) is 29.0 Å². The number of nitrogens with zero attached hydrogens (tertiary/aromatic N) is 1. The topological polar surface area (TPSA) is 59.1 Å². The van der Waals surface area contributed by atoms with E-state index in [0.29, 0.717) is 5.02 Å². The number of hydrogen-bond donors (Lipinski definition) is 2. The van der Waals surface area contributed by atoms with E-state index >= 15 is 0 Å². The van der Waals surface area contributed by atoms with Gasteiger partial charge in [-0.25, -0.2) is 0 Å². The summed E-state index contributed by atoms with van der Waals surface area (Å²) >= 11 is 5.74. The monoisotopic (exact) mass is 244 g/mol. The molecule has 0 unspecified atom stereocenters. The van der Waals surface area contributed by atoms with Crippen LogP contribution in [-0.2, 0) is 0 Å². The van der Waals surface area contributed by atoms with Crippen LogP contribution in [0.25, 0.3) is 0 Å². The summed E-state index contributed by atoms with van der Waals surface area (Å²) in [6.45, 7) is -0.107. The van der Waals surface area contributed by atoms with E-state index in [1.807, 2.05) is 0 Å². The van der Waals surface area contributed by atoms with Gasteiger partial charge in [0, 0.05) is 12.4 Å². The van der Waals surface area contributed by atoms with Gasteiger partial charge in [0.25, 0.3) is 0 Å². The quantitative estimate of drug-likeness (QED) is 0.831. The molecule has 1 heterocycles. The lowest BCUT2D eigenvalue weighted by atomic mass is 10.1. The van der Waals surface area contributed by atoms with Crippen molar-refractivity contribution in [2.75, 3.05) is 6.61 Å². The Balaban J connectivity index is 0. The molecule has 0 fully saturated rings. The van der Waals surface area contributed by atoms with Gasteiger partial charge in [0.05, 0.1) is 17.7 Å². The molecule has 1 aromatic rings. The maximum absolute atomic E-state index is 8.71. The summed E-state index contributed by atoms with van der Waals surface area (Å²) in [6, 6.07) is 1.29. The van der Waals surface area contributed by atoms with Crippen molar-refractivity contribution in [3.63, 3.8) is 0 Å². The Kier molecular flexibility index (Phi) is 8.72. The zero-order chi connectivity index (χ0) is 8.27. The van der Waals surface area contributed by atoms with Gasteiger partial charge in [-0.05, 0) is 11.6 Å². The third-order valence-corrected chi connectivity index (χ3v) is 1.72. The van der Waals surface area contributed by atoms with Gasteiger partial charge >= 0.3 is 0 Å². The van der Waals surface area contributed by atoms with Gasteiger partial charge in [0.1, 0.15) is 0 Å². The maximum Gasteiger partial charge on any atom is 0.0637 e. The number of aliphatic hydroxyl groups excluding tert-OH is 1. The van der Waals surface area contributed by atoms with Gasteiger partial charge in [0.2, 0.25) is 0 Å². The van der Waals surface area contributed by atoms with Gasteiger partial charge in [-0.3, -0.25) is 4.98 Å². The van der Waals surface area contributed by atoms with Gasteiger partial charge in [-0.15, -0.1) is 24.8 Å². The van der Waals surface area contributed by atoms with Crippen molar-refractivity contribution in [2.45, 2.75) is 6.04 Å². The molecular weight excluding hydrogens is 234 g/mol. The minimum absolute atomic E-state index is 0. The zero-order valence-electron chi connectivity index (χ0n) is 6.68. The minimum Gasteiger partial charge on any atom is -0.394 e. The second-order valence-corrected chi connectivity index (χ2v) is 2.59.